The number of benzene rings is 2. The van der Waals surface area contributed by atoms with Crippen LogP contribution in [0.4, 0.5) is 10.1 Å². The molecule has 0 spiro atoms. The van der Waals surface area contributed by atoms with Gasteiger partial charge in [0.25, 0.3) is 15.9 Å². The van der Waals surface area contributed by atoms with Gasteiger partial charge in [-0.1, -0.05) is 0 Å². The minimum absolute atomic E-state index is 0.0152. The van der Waals surface area contributed by atoms with E-state index in [0.717, 1.165) is 12.1 Å². The summed E-state index contributed by atoms with van der Waals surface area (Å²) in [7, 11) is -3.84. The summed E-state index contributed by atoms with van der Waals surface area (Å²) in [5.74, 6) is -0.749. The predicted molar refractivity (Wildman–Crippen MR) is 92.3 cm³/mol. The quantitative estimate of drug-likeness (QED) is 0.785. The fourth-order valence-electron chi connectivity index (χ4n) is 2.22. The van der Waals surface area contributed by atoms with Gasteiger partial charge in [-0.25, -0.2) is 12.8 Å². The minimum Gasteiger partial charge on any atom is -0.395 e. The number of nitrogens with one attached hydrogen (secondary N) is 1. The number of amides is 1. The van der Waals surface area contributed by atoms with E-state index in [9.17, 15) is 17.6 Å². The Morgan fingerprint density at radius 1 is 1.12 bits per heavy atom. The van der Waals surface area contributed by atoms with E-state index in [-0.39, 0.29) is 29.6 Å². The van der Waals surface area contributed by atoms with Gasteiger partial charge in [0.2, 0.25) is 0 Å². The average molecular weight is 366 g/mol. The van der Waals surface area contributed by atoms with Crippen LogP contribution in [0.3, 0.4) is 0 Å². The van der Waals surface area contributed by atoms with E-state index in [1.54, 1.807) is 6.92 Å². The Balaban J connectivity index is 2.17. The van der Waals surface area contributed by atoms with Crippen molar-refractivity contribution < 1.29 is 22.7 Å². The molecule has 0 unspecified atom stereocenters. The zero-order chi connectivity index (χ0) is 18.4. The molecule has 2 aromatic rings. The van der Waals surface area contributed by atoms with Gasteiger partial charge in [0.1, 0.15) is 5.82 Å². The molecule has 0 atom stereocenters. The van der Waals surface area contributed by atoms with Gasteiger partial charge in [-0.15, -0.1) is 0 Å². The van der Waals surface area contributed by atoms with Gasteiger partial charge >= 0.3 is 0 Å². The summed E-state index contributed by atoms with van der Waals surface area (Å²) in [5.41, 5.74) is 0.567. The van der Waals surface area contributed by atoms with Crippen molar-refractivity contribution in [2.24, 2.45) is 0 Å². The first-order valence-electron chi connectivity index (χ1n) is 7.66. The van der Waals surface area contributed by atoms with Crippen LogP contribution in [0.15, 0.2) is 53.4 Å². The fourth-order valence-corrected chi connectivity index (χ4v) is 3.27. The molecule has 6 nitrogen and oxygen atoms in total. The topological polar surface area (TPSA) is 86.7 Å². The van der Waals surface area contributed by atoms with Crippen molar-refractivity contribution >= 4 is 21.6 Å². The zero-order valence-corrected chi connectivity index (χ0v) is 14.5. The molecule has 134 valence electrons. The average Bonchev–Trinajstić information content (AvgIpc) is 2.61. The van der Waals surface area contributed by atoms with Crippen molar-refractivity contribution in [3.05, 3.63) is 59.9 Å². The first-order valence-corrected chi connectivity index (χ1v) is 9.14. The molecule has 2 N–H and O–H groups in total. The highest BCUT2D eigenvalue weighted by atomic mass is 32.2. The van der Waals surface area contributed by atoms with Crippen LogP contribution in [0.2, 0.25) is 0 Å². The highest BCUT2D eigenvalue weighted by molar-refractivity contribution is 7.92. The number of likely N-dealkylation sites (N-methyl/N-ethyl adjacent to an activating group) is 1. The lowest BCUT2D eigenvalue weighted by molar-refractivity contribution is 0.0732. The number of rotatable bonds is 7. The van der Waals surface area contributed by atoms with E-state index < -0.39 is 15.8 Å². The van der Waals surface area contributed by atoms with Crippen molar-refractivity contribution in [2.45, 2.75) is 11.8 Å². The molecule has 0 heterocycles. The molecule has 0 fully saturated rings. The third-order valence-corrected chi connectivity index (χ3v) is 4.94. The Bertz CT molecular complexity index is 821. The monoisotopic (exact) mass is 366 g/mol. The molecule has 25 heavy (non-hydrogen) atoms. The molecule has 0 aliphatic heterocycles. The molecule has 1 amide bonds. The predicted octanol–water partition coefficient (Wildman–Crippen LogP) is 2.08. The number of anilines is 1. The zero-order valence-electron chi connectivity index (χ0n) is 13.6. The normalized spacial score (nSPS) is 11.2. The Morgan fingerprint density at radius 3 is 2.24 bits per heavy atom. The van der Waals surface area contributed by atoms with Crippen LogP contribution >= 0.6 is 0 Å². The maximum atomic E-state index is 12.9. The number of aliphatic hydroxyl groups excluding tert-OH is 1. The molecule has 0 aliphatic carbocycles. The third kappa shape index (κ3) is 4.77. The lowest BCUT2D eigenvalue weighted by Gasteiger charge is -2.19. The molecule has 0 radical (unpaired) electrons. The fraction of sp³-hybridized carbons (Fsp3) is 0.235. The Hall–Kier alpha value is -2.45. The number of halogens is 1. The van der Waals surface area contributed by atoms with Crippen LogP contribution in [0.5, 0.6) is 0 Å². The summed E-state index contributed by atoms with van der Waals surface area (Å²) in [4.78, 5) is 13.7. The van der Waals surface area contributed by atoms with Crippen LogP contribution in [-0.4, -0.2) is 44.0 Å². The van der Waals surface area contributed by atoms with Gasteiger partial charge in [0.15, 0.2) is 0 Å². The summed E-state index contributed by atoms with van der Waals surface area (Å²) >= 11 is 0. The number of hydrogen-bond donors (Lipinski definition) is 2. The van der Waals surface area contributed by atoms with Crippen molar-refractivity contribution in [1.29, 1.82) is 0 Å². The number of carbonyl (C=O) groups is 1. The minimum atomic E-state index is -3.84. The SMILES string of the molecule is CCN(CCO)C(=O)c1ccc(S(=O)(=O)Nc2ccc(F)cc2)cc1. The second kappa shape index (κ2) is 8.09. The Morgan fingerprint density at radius 2 is 1.72 bits per heavy atom. The first-order chi connectivity index (χ1) is 11.9. The van der Waals surface area contributed by atoms with Gasteiger partial charge in [-0.05, 0) is 55.5 Å². The largest absolute Gasteiger partial charge is 0.395 e. The van der Waals surface area contributed by atoms with Crippen LogP contribution in [-0.2, 0) is 10.0 Å². The van der Waals surface area contributed by atoms with Crippen LogP contribution in [0.1, 0.15) is 17.3 Å². The lowest BCUT2D eigenvalue weighted by atomic mass is 10.2. The summed E-state index contributed by atoms with van der Waals surface area (Å²) < 4.78 is 39.9. The van der Waals surface area contributed by atoms with Gasteiger partial charge in [-0.2, -0.15) is 0 Å². The Kier molecular flexibility index (Phi) is 6.11. The number of carbonyl (C=O) groups excluding carboxylic acids is 1. The van der Waals surface area contributed by atoms with Crippen molar-refractivity contribution in [2.75, 3.05) is 24.4 Å². The molecule has 2 aromatic carbocycles. The highest BCUT2D eigenvalue weighted by Gasteiger charge is 2.17. The van der Waals surface area contributed by atoms with E-state index in [1.165, 1.54) is 41.3 Å². The molecule has 2 rings (SSSR count). The van der Waals surface area contributed by atoms with Gasteiger partial charge in [-0.3, -0.25) is 9.52 Å². The van der Waals surface area contributed by atoms with E-state index in [4.69, 9.17) is 5.11 Å². The lowest BCUT2D eigenvalue weighted by Crippen LogP contribution is -2.33. The second-order valence-electron chi connectivity index (χ2n) is 5.25. The number of sulfonamides is 1. The highest BCUT2D eigenvalue weighted by Crippen LogP contribution is 2.17. The van der Waals surface area contributed by atoms with Crippen LogP contribution in [0, 0.1) is 5.82 Å². The van der Waals surface area contributed by atoms with E-state index in [0.29, 0.717) is 12.1 Å². The van der Waals surface area contributed by atoms with Gasteiger partial charge in [0.05, 0.1) is 11.5 Å². The molecular formula is C17H19FN2O4S. The number of aliphatic hydroxyl groups is 1. The molecule has 0 saturated heterocycles. The Labute approximate surface area is 146 Å². The van der Waals surface area contributed by atoms with Crippen molar-refractivity contribution in [3.63, 3.8) is 0 Å². The summed E-state index contributed by atoms with van der Waals surface area (Å²) in [6.45, 7) is 2.29. The third-order valence-electron chi connectivity index (χ3n) is 3.55. The maximum Gasteiger partial charge on any atom is 0.261 e. The first kappa shape index (κ1) is 18.9. The van der Waals surface area contributed by atoms with Gasteiger partial charge < -0.3 is 10.0 Å². The van der Waals surface area contributed by atoms with E-state index in [2.05, 4.69) is 4.72 Å². The molecule has 0 saturated carbocycles. The van der Waals surface area contributed by atoms with E-state index in [1.807, 2.05) is 0 Å². The summed E-state index contributed by atoms with van der Waals surface area (Å²) in [5, 5.41) is 8.97. The number of nitrogens with zero attached hydrogens (tertiary/aromatic N) is 1. The molecular weight excluding hydrogens is 347 g/mol. The van der Waals surface area contributed by atoms with E-state index >= 15 is 0 Å². The maximum absolute atomic E-state index is 12.9. The van der Waals surface area contributed by atoms with Crippen LogP contribution < -0.4 is 4.72 Å². The summed E-state index contributed by atoms with van der Waals surface area (Å²) in [6.07, 6.45) is 0. The van der Waals surface area contributed by atoms with Gasteiger partial charge in [0, 0.05) is 24.3 Å². The molecule has 8 heteroatoms. The molecule has 0 aliphatic rings. The molecule has 0 bridgehead atoms. The second-order valence-corrected chi connectivity index (χ2v) is 6.93. The molecule has 0 aromatic heterocycles. The van der Waals surface area contributed by atoms with Crippen molar-refractivity contribution in [1.82, 2.24) is 4.90 Å². The number of hydrogen-bond acceptors (Lipinski definition) is 4. The summed E-state index contributed by atoms with van der Waals surface area (Å²) in [6, 6.07) is 10.4. The van der Waals surface area contributed by atoms with Crippen LogP contribution in [0.25, 0.3) is 0 Å². The van der Waals surface area contributed by atoms with Crippen molar-refractivity contribution in [3.8, 4) is 0 Å². The smallest absolute Gasteiger partial charge is 0.261 e. The standard InChI is InChI=1S/C17H19FN2O4S/c1-2-20(11-12-21)17(22)13-3-9-16(10-4-13)25(23,24)19-15-7-5-14(18)6-8-15/h3-10,19,21H,2,11-12H2,1H3.